The maximum absolute atomic E-state index is 10.2. The average molecular weight is 260 g/mol. The Morgan fingerprint density at radius 1 is 1.26 bits per heavy atom. The molecule has 0 atom stereocenters. The molecule has 0 saturated heterocycles. The average Bonchev–Trinajstić information content (AvgIpc) is 2.46. The zero-order valence-electron chi connectivity index (χ0n) is 11.6. The lowest BCUT2D eigenvalue weighted by molar-refractivity contribution is -0.138. The topological polar surface area (TPSA) is 67.6 Å². The third-order valence-corrected chi connectivity index (χ3v) is 4.52. The summed E-state index contributed by atoms with van der Waals surface area (Å²) in [5, 5.41) is 29.5. The van der Waals surface area contributed by atoms with E-state index < -0.39 is 5.54 Å². The number of nitrogens with zero attached hydrogens (tertiary/aromatic N) is 1. The van der Waals surface area contributed by atoms with E-state index in [1.165, 1.54) is 0 Å². The minimum absolute atomic E-state index is 0.0210. The van der Waals surface area contributed by atoms with Gasteiger partial charge in [-0.3, -0.25) is 10.6 Å². The summed E-state index contributed by atoms with van der Waals surface area (Å²) in [5.74, 6) is 0.128. The molecule has 1 spiro atoms. The predicted octanol–water partition coefficient (Wildman–Crippen LogP) is 3.10. The molecular formula is C15H20N2O2. The number of aromatic hydroxyl groups is 1. The highest BCUT2D eigenvalue weighted by atomic mass is 16.5. The SMILES string of the molecule is CC(C)(C)c1cc(O)c2c(c1)C1(CCC1)N(O)C2=N. The zero-order valence-corrected chi connectivity index (χ0v) is 11.6. The number of rotatable bonds is 0. The van der Waals surface area contributed by atoms with Crippen molar-refractivity contribution in [2.45, 2.75) is 51.0 Å². The normalized spacial score (nSPS) is 20.6. The molecule has 0 unspecified atom stereocenters. The first-order chi connectivity index (χ1) is 8.77. The van der Waals surface area contributed by atoms with E-state index in [1.807, 2.05) is 0 Å². The Morgan fingerprint density at radius 3 is 2.37 bits per heavy atom. The van der Waals surface area contributed by atoms with Crippen LogP contribution in [0, 0.1) is 5.41 Å². The van der Waals surface area contributed by atoms with Crippen LogP contribution in [0.25, 0.3) is 0 Å². The van der Waals surface area contributed by atoms with Crippen LogP contribution in [0.1, 0.15) is 56.7 Å². The molecule has 3 N–H and O–H groups in total. The molecule has 19 heavy (non-hydrogen) atoms. The van der Waals surface area contributed by atoms with Crippen molar-refractivity contribution < 1.29 is 10.3 Å². The fraction of sp³-hybridized carbons (Fsp3) is 0.533. The van der Waals surface area contributed by atoms with Crippen molar-refractivity contribution >= 4 is 5.84 Å². The van der Waals surface area contributed by atoms with Crippen molar-refractivity contribution in [2.24, 2.45) is 0 Å². The van der Waals surface area contributed by atoms with Gasteiger partial charge in [0.1, 0.15) is 5.75 Å². The predicted molar refractivity (Wildman–Crippen MR) is 72.8 cm³/mol. The van der Waals surface area contributed by atoms with Gasteiger partial charge in [0, 0.05) is 0 Å². The van der Waals surface area contributed by atoms with Gasteiger partial charge < -0.3 is 5.11 Å². The molecular weight excluding hydrogens is 240 g/mol. The molecule has 1 saturated carbocycles. The van der Waals surface area contributed by atoms with E-state index in [4.69, 9.17) is 5.41 Å². The van der Waals surface area contributed by atoms with E-state index in [2.05, 4.69) is 26.8 Å². The van der Waals surface area contributed by atoms with E-state index in [9.17, 15) is 10.3 Å². The Morgan fingerprint density at radius 2 is 1.89 bits per heavy atom. The Balaban J connectivity index is 2.24. The van der Waals surface area contributed by atoms with Crippen LogP contribution in [0.15, 0.2) is 12.1 Å². The van der Waals surface area contributed by atoms with E-state index >= 15 is 0 Å². The van der Waals surface area contributed by atoms with E-state index in [0.717, 1.165) is 35.5 Å². The van der Waals surface area contributed by atoms with Crippen LogP contribution in [0.3, 0.4) is 0 Å². The van der Waals surface area contributed by atoms with Crippen molar-refractivity contribution in [1.82, 2.24) is 5.06 Å². The quantitative estimate of drug-likeness (QED) is 0.671. The molecule has 1 heterocycles. The van der Waals surface area contributed by atoms with Gasteiger partial charge in [0.05, 0.1) is 11.1 Å². The third-order valence-electron chi connectivity index (χ3n) is 4.52. The second kappa shape index (κ2) is 3.51. The van der Waals surface area contributed by atoms with Crippen LogP contribution in [-0.2, 0) is 11.0 Å². The van der Waals surface area contributed by atoms with Crippen LogP contribution in [-0.4, -0.2) is 21.2 Å². The maximum Gasteiger partial charge on any atom is 0.157 e. The van der Waals surface area contributed by atoms with Gasteiger partial charge in [0.25, 0.3) is 0 Å². The molecule has 0 amide bonds. The molecule has 4 heteroatoms. The summed E-state index contributed by atoms with van der Waals surface area (Å²) >= 11 is 0. The monoisotopic (exact) mass is 260 g/mol. The molecule has 0 radical (unpaired) electrons. The number of hydrogen-bond donors (Lipinski definition) is 3. The molecule has 1 aromatic carbocycles. The van der Waals surface area contributed by atoms with Gasteiger partial charge in [0.15, 0.2) is 5.84 Å². The first-order valence-corrected chi connectivity index (χ1v) is 6.73. The van der Waals surface area contributed by atoms with Gasteiger partial charge in [-0.1, -0.05) is 26.8 Å². The highest BCUT2D eigenvalue weighted by Crippen LogP contribution is 2.53. The number of phenolic OH excluding ortho intramolecular Hbond substituents is 1. The Kier molecular flexibility index (Phi) is 2.31. The summed E-state index contributed by atoms with van der Waals surface area (Å²) in [6.45, 7) is 6.29. The number of amidine groups is 1. The van der Waals surface area contributed by atoms with Crippen LogP contribution in [0.4, 0.5) is 0 Å². The summed E-state index contributed by atoms with van der Waals surface area (Å²) in [6, 6.07) is 3.78. The number of hydrogen-bond acceptors (Lipinski definition) is 3. The number of nitrogens with one attached hydrogen (secondary N) is 1. The lowest BCUT2D eigenvalue weighted by Crippen LogP contribution is -2.46. The summed E-state index contributed by atoms with van der Waals surface area (Å²) < 4.78 is 0. The van der Waals surface area contributed by atoms with Crippen LogP contribution in [0.2, 0.25) is 0 Å². The van der Waals surface area contributed by atoms with E-state index in [-0.39, 0.29) is 17.0 Å². The lowest BCUT2D eigenvalue weighted by Gasteiger charge is -2.43. The Hall–Kier alpha value is -1.55. The molecule has 1 fully saturated rings. The fourth-order valence-electron chi connectivity index (χ4n) is 3.10. The molecule has 102 valence electrons. The fourth-order valence-corrected chi connectivity index (χ4v) is 3.10. The van der Waals surface area contributed by atoms with Gasteiger partial charge in [-0.2, -0.15) is 0 Å². The van der Waals surface area contributed by atoms with Crippen molar-refractivity contribution in [3.05, 3.63) is 28.8 Å². The molecule has 1 aliphatic heterocycles. The van der Waals surface area contributed by atoms with Crippen LogP contribution in [0.5, 0.6) is 5.75 Å². The van der Waals surface area contributed by atoms with Gasteiger partial charge >= 0.3 is 0 Å². The minimum Gasteiger partial charge on any atom is -0.507 e. The summed E-state index contributed by atoms with van der Waals surface area (Å²) in [7, 11) is 0. The second-order valence-corrected chi connectivity index (χ2v) is 6.71. The number of hydroxylamine groups is 2. The summed E-state index contributed by atoms with van der Waals surface area (Å²) in [4.78, 5) is 0. The molecule has 1 aliphatic carbocycles. The number of benzene rings is 1. The lowest BCUT2D eigenvalue weighted by atomic mass is 9.71. The minimum atomic E-state index is -0.467. The third kappa shape index (κ3) is 1.46. The highest BCUT2D eigenvalue weighted by Gasteiger charge is 2.53. The molecule has 1 aromatic rings. The zero-order chi connectivity index (χ0) is 14.0. The molecule has 4 nitrogen and oxygen atoms in total. The molecule has 2 aliphatic rings. The Labute approximate surface area is 113 Å². The Bertz CT molecular complexity index is 568. The smallest absolute Gasteiger partial charge is 0.157 e. The van der Waals surface area contributed by atoms with Crippen LogP contribution < -0.4 is 0 Å². The van der Waals surface area contributed by atoms with Gasteiger partial charge in [-0.15, -0.1) is 0 Å². The van der Waals surface area contributed by atoms with Gasteiger partial charge in [-0.25, -0.2) is 5.06 Å². The van der Waals surface area contributed by atoms with Crippen molar-refractivity contribution in [2.75, 3.05) is 0 Å². The summed E-state index contributed by atoms with van der Waals surface area (Å²) in [5.41, 5.74) is 1.91. The standard InChI is InChI=1S/C15H20N2O2/c1-14(2,3)9-7-10-12(11(18)8-9)13(16)17(19)15(10)5-4-6-15/h7-8,16,18-19H,4-6H2,1-3H3. The first kappa shape index (κ1) is 12.5. The number of phenols is 1. The summed E-state index contributed by atoms with van der Waals surface area (Å²) in [6.07, 6.45) is 2.72. The molecule has 3 rings (SSSR count). The van der Waals surface area contributed by atoms with Gasteiger partial charge in [-0.05, 0) is 41.9 Å². The maximum atomic E-state index is 10.2. The van der Waals surface area contributed by atoms with Crippen LogP contribution >= 0.6 is 0 Å². The van der Waals surface area contributed by atoms with Crippen molar-refractivity contribution in [3.63, 3.8) is 0 Å². The van der Waals surface area contributed by atoms with Crippen molar-refractivity contribution in [3.8, 4) is 5.75 Å². The first-order valence-electron chi connectivity index (χ1n) is 6.73. The largest absolute Gasteiger partial charge is 0.507 e. The molecule has 0 bridgehead atoms. The van der Waals surface area contributed by atoms with Crippen molar-refractivity contribution in [1.29, 1.82) is 5.41 Å². The van der Waals surface area contributed by atoms with E-state index in [0.29, 0.717) is 5.56 Å². The molecule has 0 aromatic heterocycles. The highest BCUT2D eigenvalue weighted by molar-refractivity contribution is 6.03. The number of fused-ring (bicyclic) bond motifs is 2. The van der Waals surface area contributed by atoms with E-state index in [1.54, 1.807) is 6.07 Å². The van der Waals surface area contributed by atoms with Gasteiger partial charge in [0.2, 0.25) is 0 Å². The second-order valence-electron chi connectivity index (χ2n) is 6.71.